The van der Waals surface area contributed by atoms with E-state index in [-0.39, 0.29) is 11.3 Å². The van der Waals surface area contributed by atoms with Crippen LogP contribution in [0.4, 0.5) is 0 Å². The average molecular weight is 190 g/mol. The molecule has 0 N–H and O–H groups in total. The van der Waals surface area contributed by atoms with Gasteiger partial charge in [0.25, 0.3) is 0 Å². The Hall–Kier alpha value is -0.850. The number of rotatable bonds is 2. The highest BCUT2D eigenvalue weighted by atomic mass is 16.1. The molecule has 2 rings (SSSR count). The lowest BCUT2D eigenvalue weighted by Gasteiger charge is -2.33. The molecule has 76 valence electrons. The lowest BCUT2D eigenvalue weighted by Crippen LogP contribution is -2.33. The normalized spacial score (nSPS) is 38.4. The van der Waals surface area contributed by atoms with Gasteiger partial charge in [0.2, 0.25) is 0 Å². The molecule has 0 aromatic carbocycles. The standard InChI is InChI=1S/C13H18O/c1-4-5-11(14)12-9-6-7-10(8-9)13(12,2)3/h4-7,9-10,12H,8H2,1-3H3/b5-4+. The van der Waals surface area contributed by atoms with Gasteiger partial charge in [-0.3, -0.25) is 4.79 Å². The van der Waals surface area contributed by atoms with Crippen molar-refractivity contribution >= 4 is 5.78 Å². The van der Waals surface area contributed by atoms with Gasteiger partial charge in [-0.15, -0.1) is 0 Å². The number of allylic oxidation sites excluding steroid dienone is 4. The second-order valence-corrected chi connectivity index (χ2v) is 5.09. The molecule has 0 aromatic heterocycles. The van der Waals surface area contributed by atoms with Crippen LogP contribution < -0.4 is 0 Å². The molecule has 2 bridgehead atoms. The van der Waals surface area contributed by atoms with E-state index in [1.54, 1.807) is 6.08 Å². The fourth-order valence-electron chi connectivity index (χ4n) is 3.15. The Morgan fingerprint density at radius 1 is 1.43 bits per heavy atom. The van der Waals surface area contributed by atoms with Crippen molar-refractivity contribution in [1.82, 2.24) is 0 Å². The maximum Gasteiger partial charge on any atom is 0.159 e. The Kier molecular flexibility index (Phi) is 2.13. The van der Waals surface area contributed by atoms with E-state index in [9.17, 15) is 4.79 Å². The van der Waals surface area contributed by atoms with E-state index in [2.05, 4.69) is 26.0 Å². The second-order valence-electron chi connectivity index (χ2n) is 5.09. The van der Waals surface area contributed by atoms with Crippen molar-refractivity contribution in [3.63, 3.8) is 0 Å². The number of hydrogen-bond acceptors (Lipinski definition) is 1. The molecular weight excluding hydrogens is 172 g/mol. The number of ketones is 1. The van der Waals surface area contributed by atoms with E-state index in [4.69, 9.17) is 0 Å². The summed E-state index contributed by atoms with van der Waals surface area (Å²) in [7, 11) is 0. The van der Waals surface area contributed by atoms with Gasteiger partial charge in [-0.1, -0.05) is 32.1 Å². The molecule has 1 heteroatoms. The summed E-state index contributed by atoms with van der Waals surface area (Å²) in [5.74, 6) is 1.65. The van der Waals surface area contributed by atoms with E-state index < -0.39 is 0 Å². The zero-order valence-electron chi connectivity index (χ0n) is 9.16. The SMILES string of the molecule is C/C=C/C(=O)C1C2C=CC(C2)C1(C)C. The molecule has 2 aliphatic rings. The molecule has 0 heterocycles. The highest BCUT2D eigenvalue weighted by molar-refractivity contribution is 5.93. The molecule has 0 saturated heterocycles. The van der Waals surface area contributed by atoms with Gasteiger partial charge in [-0.2, -0.15) is 0 Å². The first-order valence-electron chi connectivity index (χ1n) is 5.42. The molecule has 0 radical (unpaired) electrons. The molecule has 0 amide bonds. The van der Waals surface area contributed by atoms with Crippen molar-refractivity contribution in [3.05, 3.63) is 24.3 Å². The van der Waals surface area contributed by atoms with E-state index in [0.29, 0.717) is 17.6 Å². The van der Waals surface area contributed by atoms with Crippen molar-refractivity contribution in [2.75, 3.05) is 0 Å². The predicted octanol–water partition coefficient (Wildman–Crippen LogP) is 2.98. The van der Waals surface area contributed by atoms with Crippen molar-refractivity contribution < 1.29 is 4.79 Å². The predicted molar refractivity (Wildman–Crippen MR) is 57.8 cm³/mol. The van der Waals surface area contributed by atoms with E-state index >= 15 is 0 Å². The summed E-state index contributed by atoms with van der Waals surface area (Å²) in [6.45, 7) is 6.37. The van der Waals surface area contributed by atoms with E-state index in [0.717, 1.165) is 0 Å². The van der Waals surface area contributed by atoms with E-state index in [1.165, 1.54) is 6.42 Å². The summed E-state index contributed by atoms with van der Waals surface area (Å²) in [6, 6.07) is 0. The average Bonchev–Trinajstić information content (AvgIpc) is 2.61. The van der Waals surface area contributed by atoms with Crippen molar-refractivity contribution in [1.29, 1.82) is 0 Å². The summed E-state index contributed by atoms with van der Waals surface area (Å²) in [4.78, 5) is 11.9. The minimum Gasteiger partial charge on any atom is -0.295 e. The van der Waals surface area contributed by atoms with Gasteiger partial charge in [0.15, 0.2) is 5.78 Å². The summed E-state index contributed by atoms with van der Waals surface area (Å²) in [6.07, 6.45) is 9.31. The zero-order valence-corrected chi connectivity index (χ0v) is 9.16. The molecule has 3 unspecified atom stereocenters. The highest BCUT2D eigenvalue weighted by Gasteiger charge is 2.52. The smallest absolute Gasteiger partial charge is 0.159 e. The van der Waals surface area contributed by atoms with Gasteiger partial charge in [0, 0.05) is 5.92 Å². The van der Waals surface area contributed by atoms with Gasteiger partial charge in [0.05, 0.1) is 0 Å². The number of fused-ring (bicyclic) bond motifs is 2. The minimum absolute atomic E-state index is 0.163. The molecule has 2 aliphatic carbocycles. The third kappa shape index (κ3) is 1.18. The Labute approximate surface area is 85.9 Å². The maximum absolute atomic E-state index is 11.9. The van der Waals surface area contributed by atoms with Crippen LogP contribution in [0.25, 0.3) is 0 Å². The van der Waals surface area contributed by atoms with Crippen LogP contribution in [0.1, 0.15) is 27.2 Å². The van der Waals surface area contributed by atoms with Crippen LogP contribution in [0.3, 0.4) is 0 Å². The van der Waals surface area contributed by atoms with Crippen LogP contribution in [0.5, 0.6) is 0 Å². The fourth-order valence-corrected chi connectivity index (χ4v) is 3.15. The first-order chi connectivity index (χ1) is 6.57. The van der Waals surface area contributed by atoms with Gasteiger partial charge in [-0.05, 0) is 36.7 Å². The van der Waals surface area contributed by atoms with Crippen LogP contribution >= 0.6 is 0 Å². The lowest BCUT2D eigenvalue weighted by atomic mass is 9.69. The number of carbonyl (C=O) groups excluding carboxylic acids is 1. The summed E-state index contributed by atoms with van der Waals surface area (Å²) >= 11 is 0. The molecular formula is C13H18O. The summed E-state index contributed by atoms with van der Waals surface area (Å²) in [5.41, 5.74) is 0.163. The molecule has 1 nitrogen and oxygen atoms in total. The van der Waals surface area contributed by atoms with Crippen LogP contribution in [-0.2, 0) is 4.79 Å². The fraction of sp³-hybridized carbons (Fsp3) is 0.615. The molecule has 1 fully saturated rings. The van der Waals surface area contributed by atoms with Gasteiger partial charge in [0.1, 0.15) is 0 Å². The largest absolute Gasteiger partial charge is 0.295 e. The molecule has 14 heavy (non-hydrogen) atoms. The molecule has 0 aromatic rings. The second kappa shape index (κ2) is 3.08. The van der Waals surface area contributed by atoms with Crippen molar-refractivity contribution in [3.8, 4) is 0 Å². The van der Waals surface area contributed by atoms with E-state index in [1.807, 2.05) is 13.0 Å². The minimum atomic E-state index is 0.163. The highest BCUT2D eigenvalue weighted by Crippen LogP contribution is 2.56. The number of carbonyl (C=O) groups is 1. The van der Waals surface area contributed by atoms with Crippen LogP contribution in [0.15, 0.2) is 24.3 Å². The van der Waals surface area contributed by atoms with Crippen molar-refractivity contribution in [2.24, 2.45) is 23.2 Å². The van der Waals surface area contributed by atoms with Crippen molar-refractivity contribution in [2.45, 2.75) is 27.2 Å². The monoisotopic (exact) mass is 190 g/mol. The lowest BCUT2D eigenvalue weighted by molar-refractivity contribution is -0.122. The Balaban J connectivity index is 2.28. The quantitative estimate of drug-likeness (QED) is 0.483. The van der Waals surface area contributed by atoms with Crippen LogP contribution in [0, 0.1) is 23.2 Å². The van der Waals surface area contributed by atoms with Gasteiger partial charge in [-0.25, -0.2) is 0 Å². The Morgan fingerprint density at radius 2 is 2.14 bits per heavy atom. The van der Waals surface area contributed by atoms with Gasteiger partial charge < -0.3 is 0 Å². The van der Waals surface area contributed by atoms with Gasteiger partial charge >= 0.3 is 0 Å². The maximum atomic E-state index is 11.9. The third-order valence-electron chi connectivity index (χ3n) is 3.94. The summed E-state index contributed by atoms with van der Waals surface area (Å²) < 4.78 is 0. The Bertz CT molecular complexity index is 309. The third-order valence-corrected chi connectivity index (χ3v) is 3.94. The Morgan fingerprint density at radius 3 is 2.64 bits per heavy atom. The molecule has 0 aliphatic heterocycles. The van der Waals surface area contributed by atoms with Crippen LogP contribution in [-0.4, -0.2) is 5.78 Å². The molecule has 1 saturated carbocycles. The first-order valence-corrected chi connectivity index (χ1v) is 5.42. The number of hydrogen-bond donors (Lipinski definition) is 0. The first kappa shape index (κ1) is 9.70. The van der Waals surface area contributed by atoms with Crippen LogP contribution in [0.2, 0.25) is 0 Å². The zero-order chi connectivity index (χ0) is 10.3. The molecule has 0 spiro atoms. The topological polar surface area (TPSA) is 17.1 Å². The summed E-state index contributed by atoms with van der Waals surface area (Å²) in [5, 5.41) is 0. The molecule has 3 atom stereocenters.